The molecule has 2 saturated heterocycles. The van der Waals surface area contributed by atoms with E-state index < -0.39 is 0 Å². The third kappa shape index (κ3) is 2.49. The normalized spacial score (nSPS) is 33.7. The van der Waals surface area contributed by atoms with Crippen LogP contribution >= 0.6 is 0 Å². The SMILES string of the molecule is CN1CCCC(NC2CCN(C)C2=O)C1. The Morgan fingerprint density at radius 3 is 2.67 bits per heavy atom. The van der Waals surface area contributed by atoms with E-state index >= 15 is 0 Å². The lowest BCUT2D eigenvalue weighted by Gasteiger charge is -2.31. The zero-order chi connectivity index (χ0) is 10.8. The summed E-state index contributed by atoms with van der Waals surface area (Å²) in [5.41, 5.74) is 0. The van der Waals surface area contributed by atoms with Crippen LogP contribution in [0.15, 0.2) is 0 Å². The van der Waals surface area contributed by atoms with Crippen LogP contribution in [0.25, 0.3) is 0 Å². The van der Waals surface area contributed by atoms with E-state index in [0.717, 1.165) is 19.5 Å². The molecule has 1 amide bonds. The third-order valence-corrected chi connectivity index (χ3v) is 3.49. The van der Waals surface area contributed by atoms with Gasteiger partial charge in [0.1, 0.15) is 0 Å². The largest absolute Gasteiger partial charge is 0.344 e. The Morgan fingerprint density at radius 1 is 1.27 bits per heavy atom. The van der Waals surface area contributed by atoms with Gasteiger partial charge in [-0.1, -0.05) is 0 Å². The first kappa shape index (κ1) is 10.9. The monoisotopic (exact) mass is 211 g/mol. The second-order valence-electron chi connectivity index (χ2n) is 4.87. The van der Waals surface area contributed by atoms with Gasteiger partial charge in [-0.3, -0.25) is 4.79 Å². The number of carbonyl (C=O) groups is 1. The number of rotatable bonds is 2. The fourth-order valence-corrected chi connectivity index (χ4v) is 2.56. The second kappa shape index (κ2) is 4.49. The summed E-state index contributed by atoms with van der Waals surface area (Å²) in [5.74, 6) is 0.267. The van der Waals surface area contributed by atoms with E-state index in [0.29, 0.717) is 6.04 Å². The van der Waals surface area contributed by atoms with Crippen molar-refractivity contribution in [2.75, 3.05) is 33.7 Å². The number of nitrogens with zero attached hydrogens (tertiary/aromatic N) is 2. The van der Waals surface area contributed by atoms with Crippen molar-refractivity contribution in [1.82, 2.24) is 15.1 Å². The standard InChI is InChI=1S/C11H21N3O/c1-13-6-3-4-9(8-13)12-10-5-7-14(2)11(10)15/h9-10,12H,3-8H2,1-2H3. The lowest BCUT2D eigenvalue weighted by molar-refractivity contribution is -0.128. The fraction of sp³-hybridized carbons (Fsp3) is 0.909. The Kier molecular flexibility index (Phi) is 3.26. The summed E-state index contributed by atoms with van der Waals surface area (Å²) in [7, 11) is 4.04. The van der Waals surface area contributed by atoms with Gasteiger partial charge in [-0.15, -0.1) is 0 Å². The third-order valence-electron chi connectivity index (χ3n) is 3.49. The molecule has 0 spiro atoms. The van der Waals surface area contributed by atoms with Gasteiger partial charge in [0.15, 0.2) is 0 Å². The van der Waals surface area contributed by atoms with Gasteiger partial charge in [0.05, 0.1) is 6.04 Å². The summed E-state index contributed by atoms with van der Waals surface area (Å²) in [6, 6.07) is 0.579. The molecule has 86 valence electrons. The first-order chi connectivity index (χ1) is 7.16. The van der Waals surface area contributed by atoms with E-state index in [9.17, 15) is 4.79 Å². The summed E-state index contributed by atoms with van der Waals surface area (Å²) in [6.07, 6.45) is 3.41. The van der Waals surface area contributed by atoms with Crippen molar-refractivity contribution < 1.29 is 4.79 Å². The van der Waals surface area contributed by atoms with Crippen molar-refractivity contribution >= 4 is 5.91 Å². The predicted octanol–water partition coefficient (Wildman–Crippen LogP) is -0.0991. The highest BCUT2D eigenvalue weighted by Crippen LogP contribution is 2.13. The van der Waals surface area contributed by atoms with Crippen LogP contribution in [-0.2, 0) is 4.79 Å². The van der Waals surface area contributed by atoms with E-state index in [-0.39, 0.29) is 11.9 Å². The smallest absolute Gasteiger partial charge is 0.239 e. The molecule has 2 heterocycles. The molecule has 2 rings (SSSR count). The summed E-state index contributed by atoms with van der Waals surface area (Å²) >= 11 is 0. The Morgan fingerprint density at radius 2 is 2.07 bits per heavy atom. The van der Waals surface area contributed by atoms with Crippen molar-refractivity contribution in [1.29, 1.82) is 0 Å². The Balaban J connectivity index is 1.83. The summed E-state index contributed by atoms with van der Waals surface area (Å²) in [6.45, 7) is 3.17. The fourth-order valence-electron chi connectivity index (χ4n) is 2.56. The van der Waals surface area contributed by atoms with Crippen LogP contribution in [-0.4, -0.2) is 61.5 Å². The average molecular weight is 211 g/mol. The predicted molar refractivity (Wildman–Crippen MR) is 59.7 cm³/mol. The van der Waals surface area contributed by atoms with Crippen molar-refractivity contribution in [2.45, 2.75) is 31.3 Å². The van der Waals surface area contributed by atoms with Crippen LogP contribution in [0.5, 0.6) is 0 Å². The summed E-state index contributed by atoms with van der Waals surface area (Å²) in [4.78, 5) is 15.9. The highest BCUT2D eigenvalue weighted by atomic mass is 16.2. The van der Waals surface area contributed by atoms with Crippen molar-refractivity contribution in [2.24, 2.45) is 0 Å². The highest BCUT2D eigenvalue weighted by molar-refractivity contribution is 5.83. The molecule has 0 aromatic rings. The lowest BCUT2D eigenvalue weighted by atomic mass is 10.0. The first-order valence-electron chi connectivity index (χ1n) is 5.86. The number of likely N-dealkylation sites (tertiary alicyclic amines) is 2. The van der Waals surface area contributed by atoms with E-state index in [1.165, 1.54) is 19.4 Å². The second-order valence-corrected chi connectivity index (χ2v) is 4.87. The topological polar surface area (TPSA) is 35.6 Å². The molecule has 2 unspecified atom stereocenters. The lowest BCUT2D eigenvalue weighted by Crippen LogP contribution is -2.50. The van der Waals surface area contributed by atoms with Gasteiger partial charge in [-0.05, 0) is 32.9 Å². The maximum Gasteiger partial charge on any atom is 0.239 e. The molecule has 2 aliphatic heterocycles. The maximum atomic E-state index is 11.7. The van der Waals surface area contributed by atoms with Crippen LogP contribution in [0.3, 0.4) is 0 Å². The molecular weight excluding hydrogens is 190 g/mol. The zero-order valence-corrected chi connectivity index (χ0v) is 9.70. The number of likely N-dealkylation sites (N-methyl/N-ethyl adjacent to an activating group) is 2. The van der Waals surface area contributed by atoms with Gasteiger partial charge >= 0.3 is 0 Å². The van der Waals surface area contributed by atoms with Gasteiger partial charge in [-0.2, -0.15) is 0 Å². The number of carbonyl (C=O) groups excluding carboxylic acids is 1. The first-order valence-corrected chi connectivity index (χ1v) is 5.86. The molecule has 0 bridgehead atoms. The van der Waals surface area contributed by atoms with Crippen LogP contribution in [0.4, 0.5) is 0 Å². The maximum absolute atomic E-state index is 11.7. The molecule has 4 heteroatoms. The van der Waals surface area contributed by atoms with Gasteiger partial charge in [0, 0.05) is 26.2 Å². The van der Waals surface area contributed by atoms with Crippen molar-refractivity contribution in [3.8, 4) is 0 Å². The molecule has 2 fully saturated rings. The highest BCUT2D eigenvalue weighted by Gasteiger charge is 2.31. The van der Waals surface area contributed by atoms with Crippen LogP contribution in [0.1, 0.15) is 19.3 Å². The molecule has 0 radical (unpaired) electrons. The quantitative estimate of drug-likeness (QED) is 0.693. The van der Waals surface area contributed by atoms with Crippen LogP contribution < -0.4 is 5.32 Å². The van der Waals surface area contributed by atoms with Gasteiger partial charge in [0.25, 0.3) is 0 Å². The molecule has 4 nitrogen and oxygen atoms in total. The van der Waals surface area contributed by atoms with Crippen molar-refractivity contribution in [3.05, 3.63) is 0 Å². The minimum Gasteiger partial charge on any atom is -0.344 e. The number of hydrogen-bond donors (Lipinski definition) is 1. The Hall–Kier alpha value is -0.610. The molecular formula is C11H21N3O. The number of piperidine rings is 1. The molecule has 2 atom stereocenters. The number of nitrogens with one attached hydrogen (secondary N) is 1. The van der Waals surface area contributed by atoms with E-state index in [4.69, 9.17) is 0 Å². The van der Waals surface area contributed by atoms with Crippen LogP contribution in [0, 0.1) is 0 Å². The molecule has 0 aromatic carbocycles. The Bertz CT molecular complexity index is 244. The summed E-state index contributed by atoms with van der Waals surface area (Å²) in [5, 5.41) is 3.50. The van der Waals surface area contributed by atoms with Gasteiger partial charge in [-0.25, -0.2) is 0 Å². The minimum absolute atomic E-state index is 0.0755. The zero-order valence-electron chi connectivity index (χ0n) is 9.70. The molecule has 1 N–H and O–H groups in total. The Labute approximate surface area is 91.6 Å². The minimum atomic E-state index is 0.0755. The molecule has 0 aliphatic carbocycles. The van der Waals surface area contributed by atoms with Crippen LogP contribution in [0.2, 0.25) is 0 Å². The van der Waals surface area contributed by atoms with Gasteiger partial charge in [0.2, 0.25) is 5.91 Å². The van der Waals surface area contributed by atoms with E-state index in [2.05, 4.69) is 17.3 Å². The van der Waals surface area contributed by atoms with E-state index in [1.54, 1.807) is 0 Å². The molecule has 15 heavy (non-hydrogen) atoms. The molecule has 0 saturated carbocycles. The van der Waals surface area contributed by atoms with Crippen molar-refractivity contribution in [3.63, 3.8) is 0 Å². The molecule has 0 aromatic heterocycles. The number of amides is 1. The average Bonchev–Trinajstić information content (AvgIpc) is 2.50. The molecule has 2 aliphatic rings. The van der Waals surface area contributed by atoms with Gasteiger partial charge < -0.3 is 15.1 Å². The summed E-state index contributed by atoms with van der Waals surface area (Å²) < 4.78 is 0. The van der Waals surface area contributed by atoms with E-state index in [1.807, 2.05) is 11.9 Å². The number of hydrogen-bond acceptors (Lipinski definition) is 3.